The summed E-state index contributed by atoms with van der Waals surface area (Å²) in [4.78, 5) is 0. The Balaban J connectivity index is 0.00000337. The Morgan fingerprint density at radius 2 is 0.707 bits per heavy atom. The van der Waals surface area contributed by atoms with Crippen molar-refractivity contribution in [3.63, 3.8) is 0 Å². The third kappa shape index (κ3) is 7.61. The fraction of sp³-hybridized carbons (Fsp3) is 0.0526. The van der Waals surface area contributed by atoms with Gasteiger partial charge < -0.3 is 0 Å². The van der Waals surface area contributed by atoms with Crippen LogP contribution in [-0.2, 0) is 12.3 Å². The second-order valence-corrected chi connectivity index (χ2v) is 14.2. The van der Waals surface area contributed by atoms with Crippen molar-refractivity contribution in [1.82, 2.24) is 0 Å². The molecule has 0 N–H and O–H groups in total. The summed E-state index contributed by atoms with van der Waals surface area (Å²) in [5.74, 6) is 0. The first-order valence-electron chi connectivity index (χ1n) is 13.8. The molecule has 0 spiro atoms. The van der Waals surface area contributed by atoms with E-state index in [0.29, 0.717) is 0 Å². The minimum Gasteiger partial charge on any atom is -0.0622 e. The standard InChI is InChI=1S/C38H32P2.K.H/c1-6-17-31(18-7-1)37-28-16-19-32(29-39(33-20-8-2-9-21-33)34-22-10-3-11-23-34)38(37)30-40(35-24-12-4-13-25-35)36-26-14-5-15-27-36;;/h1-28H,29-30H2;;. The molecule has 0 amide bonds. The van der Waals surface area contributed by atoms with Crippen molar-refractivity contribution < 1.29 is 0 Å². The molecule has 0 heterocycles. The molecule has 0 saturated heterocycles. The van der Waals surface area contributed by atoms with E-state index >= 15 is 0 Å². The van der Waals surface area contributed by atoms with Crippen molar-refractivity contribution in [3.05, 3.63) is 181 Å². The SMILES string of the molecule is [KH].c1ccc(-c2cccc(CP(c3ccccc3)c3ccccc3)c2CP(c2ccccc2)c2ccccc2)cc1. The van der Waals surface area contributed by atoms with Crippen LogP contribution in [0.4, 0.5) is 0 Å². The Kier molecular flexibility index (Phi) is 11.3. The molecular weight excluding hydrogens is 557 g/mol. The Morgan fingerprint density at radius 3 is 1.12 bits per heavy atom. The smallest absolute Gasteiger partial charge is 0.00165 e. The minimum atomic E-state index is -0.576. The van der Waals surface area contributed by atoms with Crippen molar-refractivity contribution >= 4 is 88.4 Å². The molecule has 0 aliphatic rings. The predicted molar refractivity (Wildman–Crippen MR) is 185 cm³/mol. The molecule has 6 aromatic carbocycles. The number of benzene rings is 6. The van der Waals surface area contributed by atoms with Crippen LogP contribution < -0.4 is 21.2 Å². The van der Waals surface area contributed by atoms with Crippen LogP contribution in [0.2, 0.25) is 0 Å². The predicted octanol–water partition coefficient (Wildman–Crippen LogP) is 7.97. The summed E-state index contributed by atoms with van der Waals surface area (Å²) in [5, 5.41) is 5.69. The summed E-state index contributed by atoms with van der Waals surface area (Å²) in [7, 11) is -1.13. The van der Waals surface area contributed by atoms with Gasteiger partial charge in [0.15, 0.2) is 0 Å². The van der Waals surface area contributed by atoms with E-state index in [1.165, 1.54) is 43.5 Å². The van der Waals surface area contributed by atoms with E-state index in [4.69, 9.17) is 0 Å². The van der Waals surface area contributed by atoms with Crippen LogP contribution >= 0.6 is 15.8 Å². The van der Waals surface area contributed by atoms with Gasteiger partial charge in [0, 0.05) is 12.3 Å². The van der Waals surface area contributed by atoms with Crippen LogP contribution in [0, 0.1) is 0 Å². The average molecular weight is 591 g/mol. The number of rotatable bonds is 9. The van der Waals surface area contributed by atoms with E-state index in [1.807, 2.05) is 0 Å². The molecule has 0 radical (unpaired) electrons. The fourth-order valence-corrected chi connectivity index (χ4v) is 10.1. The topological polar surface area (TPSA) is 0 Å². The van der Waals surface area contributed by atoms with Crippen molar-refractivity contribution in [2.75, 3.05) is 0 Å². The maximum atomic E-state index is 2.38. The van der Waals surface area contributed by atoms with Crippen LogP contribution in [0.1, 0.15) is 11.1 Å². The Bertz CT molecular complexity index is 1540. The van der Waals surface area contributed by atoms with Gasteiger partial charge in [-0.15, -0.1) is 0 Å². The van der Waals surface area contributed by atoms with Gasteiger partial charge in [-0.2, -0.15) is 0 Å². The van der Waals surface area contributed by atoms with Gasteiger partial charge in [-0.1, -0.05) is 170 Å². The molecule has 0 bridgehead atoms. The third-order valence-electron chi connectivity index (χ3n) is 7.27. The normalized spacial score (nSPS) is 10.9. The molecule has 6 aromatic rings. The van der Waals surface area contributed by atoms with Crippen LogP contribution in [-0.4, -0.2) is 51.4 Å². The average Bonchev–Trinajstić information content (AvgIpc) is 3.05. The molecule has 0 nitrogen and oxygen atoms in total. The Labute approximate surface area is 289 Å². The summed E-state index contributed by atoms with van der Waals surface area (Å²) < 4.78 is 0. The van der Waals surface area contributed by atoms with Gasteiger partial charge >= 0.3 is 51.4 Å². The van der Waals surface area contributed by atoms with E-state index in [-0.39, 0.29) is 51.4 Å². The van der Waals surface area contributed by atoms with E-state index in [2.05, 4.69) is 170 Å². The molecule has 41 heavy (non-hydrogen) atoms. The first kappa shape index (κ1) is 30.3. The summed E-state index contributed by atoms with van der Waals surface area (Å²) in [6.45, 7) is 0. The number of hydrogen-bond donors (Lipinski definition) is 0. The van der Waals surface area contributed by atoms with Crippen molar-refractivity contribution in [2.45, 2.75) is 12.3 Å². The molecule has 3 heteroatoms. The minimum absolute atomic E-state index is 0. The largest absolute Gasteiger partial charge is 0.0622 e. The van der Waals surface area contributed by atoms with E-state index < -0.39 is 15.8 Å². The van der Waals surface area contributed by atoms with Crippen LogP contribution in [0.3, 0.4) is 0 Å². The third-order valence-corrected chi connectivity index (χ3v) is 12.2. The molecule has 0 fully saturated rings. The molecule has 0 unspecified atom stereocenters. The van der Waals surface area contributed by atoms with Gasteiger partial charge in [-0.3, -0.25) is 0 Å². The Hall–Kier alpha value is -2.18. The first-order chi connectivity index (χ1) is 19.9. The van der Waals surface area contributed by atoms with Gasteiger partial charge in [0.05, 0.1) is 0 Å². The molecule has 0 atom stereocenters. The van der Waals surface area contributed by atoms with Gasteiger partial charge in [-0.05, 0) is 59.3 Å². The fourth-order valence-electron chi connectivity index (χ4n) is 5.28. The van der Waals surface area contributed by atoms with E-state index in [9.17, 15) is 0 Å². The summed E-state index contributed by atoms with van der Waals surface area (Å²) in [6, 6.07) is 62.3. The van der Waals surface area contributed by atoms with E-state index in [0.717, 1.165) is 12.3 Å². The molecule has 0 aromatic heterocycles. The number of hydrogen-bond acceptors (Lipinski definition) is 0. The molecule has 0 saturated carbocycles. The van der Waals surface area contributed by atoms with Gasteiger partial charge in [0.2, 0.25) is 0 Å². The van der Waals surface area contributed by atoms with Gasteiger partial charge in [0.1, 0.15) is 0 Å². The second-order valence-electron chi connectivity index (χ2n) is 9.82. The molecule has 0 aliphatic carbocycles. The quantitative estimate of drug-likeness (QED) is 0.118. The van der Waals surface area contributed by atoms with Crippen LogP contribution in [0.5, 0.6) is 0 Å². The van der Waals surface area contributed by atoms with Gasteiger partial charge in [-0.25, -0.2) is 0 Å². The summed E-state index contributed by atoms with van der Waals surface area (Å²) in [5.41, 5.74) is 5.58. The zero-order chi connectivity index (χ0) is 27.0. The van der Waals surface area contributed by atoms with Crippen LogP contribution in [0.25, 0.3) is 11.1 Å². The summed E-state index contributed by atoms with van der Waals surface area (Å²) in [6.07, 6.45) is 2.03. The van der Waals surface area contributed by atoms with Gasteiger partial charge in [0.25, 0.3) is 0 Å². The molecule has 6 rings (SSSR count). The molecular formula is C38H33KP2. The zero-order valence-electron chi connectivity index (χ0n) is 22.5. The van der Waals surface area contributed by atoms with Crippen molar-refractivity contribution in [3.8, 4) is 11.1 Å². The maximum absolute atomic E-state index is 2.38. The maximum Gasteiger partial charge on any atom is 0.00165 e. The monoisotopic (exact) mass is 590 g/mol. The molecule has 0 aliphatic heterocycles. The van der Waals surface area contributed by atoms with Crippen LogP contribution in [0.15, 0.2) is 170 Å². The molecule has 196 valence electrons. The second kappa shape index (κ2) is 15.3. The van der Waals surface area contributed by atoms with Crippen molar-refractivity contribution in [1.29, 1.82) is 0 Å². The summed E-state index contributed by atoms with van der Waals surface area (Å²) >= 11 is 0. The Morgan fingerprint density at radius 1 is 0.341 bits per heavy atom. The zero-order valence-corrected chi connectivity index (χ0v) is 24.3. The van der Waals surface area contributed by atoms with E-state index in [1.54, 1.807) is 0 Å². The van der Waals surface area contributed by atoms with Crippen molar-refractivity contribution in [2.24, 2.45) is 0 Å². The first-order valence-corrected chi connectivity index (χ1v) is 16.8.